The van der Waals surface area contributed by atoms with Crippen molar-refractivity contribution in [3.8, 4) is 11.1 Å². The Morgan fingerprint density at radius 3 is 2.54 bits per heavy atom. The van der Waals surface area contributed by atoms with Crippen LogP contribution in [0.3, 0.4) is 0 Å². The molecule has 28 heavy (non-hydrogen) atoms. The van der Waals surface area contributed by atoms with E-state index < -0.39 is 0 Å². The molecule has 0 spiro atoms. The lowest BCUT2D eigenvalue weighted by Gasteiger charge is -2.19. The molecule has 1 aliphatic rings. The van der Waals surface area contributed by atoms with Crippen LogP contribution in [0.2, 0.25) is 0 Å². The van der Waals surface area contributed by atoms with E-state index in [0.29, 0.717) is 12.5 Å². The third-order valence-electron chi connectivity index (χ3n) is 5.22. The van der Waals surface area contributed by atoms with Crippen molar-refractivity contribution in [2.75, 3.05) is 0 Å². The van der Waals surface area contributed by atoms with Gasteiger partial charge >= 0.3 is 0 Å². The monoisotopic (exact) mass is 367 g/mol. The first kappa shape index (κ1) is 17.0. The van der Waals surface area contributed by atoms with Crippen molar-refractivity contribution in [1.82, 2.24) is 15.0 Å². The quantitative estimate of drug-likeness (QED) is 0.460. The Labute approximate surface area is 164 Å². The van der Waals surface area contributed by atoms with E-state index in [2.05, 4.69) is 57.4 Å². The molecule has 1 fully saturated rings. The van der Waals surface area contributed by atoms with Crippen molar-refractivity contribution in [3.05, 3.63) is 90.5 Å². The summed E-state index contributed by atoms with van der Waals surface area (Å²) < 4.78 is 6.34. The topological polar surface area (TPSA) is 47.9 Å². The van der Waals surface area contributed by atoms with E-state index in [9.17, 15) is 0 Å². The zero-order chi connectivity index (χ0) is 18.8. The molecule has 1 saturated carbocycles. The zero-order valence-electron chi connectivity index (χ0n) is 15.5. The Morgan fingerprint density at radius 1 is 0.857 bits per heavy atom. The number of rotatable bonds is 6. The van der Waals surface area contributed by atoms with Gasteiger partial charge < -0.3 is 4.74 Å². The van der Waals surface area contributed by atoms with Crippen LogP contribution in [0.25, 0.3) is 22.2 Å². The second-order valence-electron chi connectivity index (χ2n) is 7.32. The van der Waals surface area contributed by atoms with E-state index in [4.69, 9.17) is 4.74 Å². The Kier molecular flexibility index (Phi) is 4.55. The molecule has 0 saturated heterocycles. The number of nitrogens with zero attached hydrogens (tertiary/aromatic N) is 3. The van der Waals surface area contributed by atoms with Crippen molar-refractivity contribution in [3.63, 3.8) is 0 Å². The highest BCUT2D eigenvalue weighted by Gasteiger charge is 2.33. The molecule has 1 aliphatic carbocycles. The van der Waals surface area contributed by atoms with Gasteiger partial charge in [0.2, 0.25) is 0 Å². The molecular formula is C24H21N3O. The highest BCUT2D eigenvalue weighted by Crippen LogP contribution is 2.44. The first-order valence-electron chi connectivity index (χ1n) is 9.68. The lowest BCUT2D eigenvalue weighted by molar-refractivity contribution is 0.0245. The molecule has 2 heterocycles. The summed E-state index contributed by atoms with van der Waals surface area (Å²) in [6, 6.07) is 18.9. The number of hydrogen-bond acceptors (Lipinski definition) is 4. The first-order chi connectivity index (χ1) is 13.9. The molecule has 0 amide bonds. The van der Waals surface area contributed by atoms with E-state index in [1.54, 1.807) is 18.6 Å². The largest absolute Gasteiger partial charge is 0.369 e. The molecule has 4 nitrogen and oxygen atoms in total. The van der Waals surface area contributed by atoms with Gasteiger partial charge in [0, 0.05) is 24.8 Å². The van der Waals surface area contributed by atoms with Crippen molar-refractivity contribution >= 4 is 11.0 Å². The summed E-state index contributed by atoms with van der Waals surface area (Å²) in [5, 5.41) is 0. The molecule has 2 aromatic heterocycles. The molecule has 5 rings (SSSR count). The first-order valence-corrected chi connectivity index (χ1v) is 9.68. The fourth-order valence-corrected chi connectivity index (χ4v) is 3.61. The minimum Gasteiger partial charge on any atom is -0.369 e. The van der Waals surface area contributed by atoms with Gasteiger partial charge in [0.25, 0.3) is 0 Å². The normalized spacial score (nSPS) is 14.9. The van der Waals surface area contributed by atoms with Gasteiger partial charge in [-0.1, -0.05) is 30.3 Å². The molecule has 0 aliphatic heterocycles. The van der Waals surface area contributed by atoms with Crippen LogP contribution in [0.15, 0.2) is 79.4 Å². The van der Waals surface area contributed by atoms with E-state index >= 15 is 0 Å². The van der Waals surface area contributed by atoms with Gasteiger partial charge in [-0.2, -0.15) is 0 Å². The van der Waals surface area contributed by atoms with Gasteiger partial charge in [-0.25, -0.2) is 0 Å². The van der Waals surface area contributed by atoms with Crippen LogP contribution in [0.1, 0.15) is 30.1 Å². The summed E-state index contributed by atoms with van der Waals surface area (Å²) in [6.07, 6.45) is 9.71. The van der Waals surface area contributed by atoms with Crippen LogP contribution in [0.5, 0.6) is 0 Å². The summed E-state index contributed by atoms with van der Waals surface area (Å²) in [5.41, 5.74) is 6.51. The Balaban J connectivity index is 1.42. The molecule has 138 valence electrons. The van der Waals surface area contributed by atoms with Gasteiger partial charge in [-0.15, -0.1) is 0 Å². The van der Waals surface area contributed by atoms with Crippen molar-refractivity contribution in [2.24, 2.45) is 5.92 Å². The lowest BCUT2D eigenvalue weighted by Crippen LogP contribution is -2.07. The van der Waals surface area contributed by atoms with Crippen molar-refractivity contribution < 1.29 is 4.74 Å². The molecule has 1 atom stereocenters. The standard InChI is InChI=1S/C24H21N3O/c1-4-19(20-8-9-22-23(14-20)27-12-11-26-22)13-21(5-1)24(18-6-7-18)28-16-17-3-2-10-25-15-17/h1-5,8-15,18,24H,6-7,16H2. The maximum absolute atomic E-state index is 6.34. The molecule has 0 N–H and O–H groups in total. The van der Waals surface area contributed by atoms with Crippen LogP contribution < -0.4 is 0 Å². The van der Waals surface area contributed by atoms with Crippen LogP contribution in [0.4, 0.5) is 0 Å². The van der Waals surface area contributed by atoms with Crippen LogP contribution in [-0.4, -0.2) is 15.0 Å². The summed E-state index contributed by atoms with van der Waals surface area (Å²) >= 11 is 0. The van der Waals surface area contributed by atoms with E-state index in [-0.39, 0.29) is 6.10 Å². The number of hydrogen-bond donors (Lipinski definition) is 0. The number of ether oxygens (including phenoxy) is 1. The molecule has 2 aromatic carbocycles. The highest BCUT2D eigenvalue weighted by atomic mass is 16.5. The third kappa shape index (κ3) is 3.64. The maximum Gasteiger partial charge on any atom is 0.0892 e. The van der Waals surface area contributed by atoms with Crippen LogP contribution >= 0.6 is 0 Å². The molecule has 0 bridgehead atoms. The van der Waals surface area contributed by atoms with Gasteiger partial charge in [0.1, 0.15) is 0 Å². The predicted molar refractivity (Wildman–Crippen MR) is 109 cm³/mol. The Hall–Kier alpha value is -3.11. The van der Waals surface area contributed by atoms with Gasteiger partial charge in [-0.05, 0) is 65.3 Å². The number of benzene rings is 2. The fourth-order valence-electron chi connectivity index (χ4n) is 3.61. The third-order valence-corrected chi connectivity index (χ3v) is 5.22. The average Bonchev–Trinajstić information content (AvgIpc) is 3.60. The Morgan fingerprint density at radius 2 is 1.71 bits per heavy atom. The predicted octanol–water partition coefficient (Wildman–Crippen LogP) is 5.36. The molecule has 1 unspecified atom stereocenters. The summed E-state index contributed by atoms with van der Waals surface area (Å²) in [4.78, 5) is 13.0. The fraction of sp³-hybridized carbons (Fsp3) is 0.208. The second-order valence-corrected chi connectivity index (χ2v) is 7.32. The Bertz CT molecular complexity index is 1090. The molecular weight excluding hydrogens is 346 g/mol. The SMILES string of the molecule is c1cncc(COC(c2cccc(-c3ccc4nccnc4c3)c2)C2CC2)c1. The number of pyridine rings is 1. The minimum absolute atomic E-state index is 0.125. The summed E-state index contributed by atoms with van der Waals surface area (Å²) in [5.74, 6) is 0.606. The molecule has 0 radical (unpaired) electrons. The van der Waals surface area contributed by atoms with Crippen LogP contribution in [0, 0.1) is 5.92 Å². The van der Waals surface area contributed by atoms with Crippen molar-refractivity contribution in [1.29, 1.82) is 0 Å². The van der Waals surface area contributed by atoms with Gasteiger partial charge in [-0.3, -0.25) is 15.0 Å². The zero-order valence-corrected chi connectivity index (χ0v) is 15.5. The minimum atomic E-state index is 0.125. The maximum atomic E-state index is 6.34. The number of aromatic nitrogens is 3. The van der Waals surface area contributed by atoms with Gasteiger partial charge in [0.05, 0.1) is 23.7 Å². The highest BCUT2D eigenvalue weighted by molar-refractivity contribution is 5.81. The van der Waals surface area contributed by atoms with E-state index in [1.807, 2.05) is 18.3 Å². The van der Waals surface area contributed by atoms with E-state index in [1.165, 1.54) is 24.0 Å². The van der Waals surface area contributed by atoms with Crippen LogP contribution in [-0.2, 0) is 11.3 Å². The summed E-state index contributed by atoms with van der Waals surface area (Å²) in [7, 11) is 0. The average molecular weight is 367 g/mol. The van der Waals surface area contributed by atoms with Gasteiger partial charge in [0.15, 0.2) is 0 Å². The second kappa shape index (κ2) is 7.49. The van der Waals surface area contributed by atoms with Crippen molar-refractivity contribution in [2.45, 2.75) is 25.6 Å². The lowest BCUT2D eigenvalue weighted by atomic mass is 9.98. The molecule has 4 heteroatoms. The smallest absolute Gasteiger partial charge is 0.0892 e. The molecule has 4 aromatic rings. The van der Waals surface area contributed by atoms with E-state index in [0.717, 1.165) is 22.2 Å². The number of fused-ring (bicyclic) bond motifs is 1. The summed E-state index contributed by atoms with van der Waals surface area (Å²) in [6.45, 7) is 0.588.